The van der Waals surface area contributed by atoms with Crippen LogP contribution in [0.25, 0.3) is 0 Å². The third-order valence-electron chi connectivity index (χ3n) is 4.13. The van der Waals surface area contributed by atoms with Crippen molar-refractivity contribution in [2.24, 2.45) is 0 Å². The molecule has 144 valence electrons. The van der Waals surface area contributed by atoms with Gasteiger partial charge in [0, 0.05) is 22.7 Å². The number of rotatable bonds is 8. The lowest BCUT2D eigenvalue weighted by Crippen LogP contribution is -2.34. The molecule has 2 aromatic carbocycles. The van der Waals surface area contributed by atoms with Gasteiger partial charge in [0.2, 0.25) is 0 Å². The quantitative estimate of drug-likeness (QED) is 0.708. The molecule has 1 amide bonds. The summed E-state index contributed by atoms with van der Waals surface area (Å²) in [5.41, 5.74) is 1.07. The van der Waals surface area contributed by atoms with Crippen LogP contribution in [0.2, 0.25) is 0 Å². The number of carbonyl (C=O) groups is 1. The van der Waals surface area contributed by atoms with Gasteiger partial charge >= 0.3 is 0 Å². The summed E-state index contributed by atoms with van der Waals surface area (Å²) < 4.78 is 38.3. The van der Waals surface area contributed by atoms with Crippen LogP contribution in [0, 0.1) is 11.6 Å². The number of nitrogens with one attached hydrogen (secondary N) is 1. The first-order valence-electron chi connectivity index (χ1n) is 8.50. The summed E-state index contributed by atoms with van der Waals surface area (Å²) in [6, 6.07) is 6.49. The van der Waals surface area contributed by atoms with Crippen LogP contribution < -0.4 is 14.8 Å². The predicted octanol–water partition coefficient (Wildman–Crippen LogP) is 4.07. The lowest BCUT2D eigenvalue weighted by Gasteiger charge is -2.17. The van der Waals surface area contributed by atoms with E-state index in [9.17, 15) is 13.6 Å². The predicted molar refractivity (Wildman–Crippen MR) is 100 cm³/mol. The molecule has 0 aliphatic carbocycles. The fourth-order valence-corrected chi connectivity index (χ4v) is 2.87. The first-order valence-corrected chi connectivity index (χ1v) is 8.50. The molecule has 2 rings (SSSR count). The Labute approximate surface area is 157 Å². The van der Waals surface area contributed by atoms with Crippen LogP contribution in [0.1, 0.15) is 28.4 Å². The van der Waals surface area contributed by atoms with Gasteiger partial charge < -0.3 is 14.8 Å². The fourth-order valence-electron chi connectivity index (χ4n) is 2.87. The van der Waals surface area contributed by atoms with Gasteiger partial charge in [-0.25, -0.2) is 8.78 Å². The van der Waals surface area contributed by atoms with Crippen LogP contribution in [0.15, 0.2) is 43.0 Å². The molecule has 27 heavy (non-hydrogen) atoms. The second kappa shape index (κ2) is 9.16. The van der Waals surface area contributed by atoms with Crippen LogP contribution in [0.5, 0.6) is 11.5 Å². The average Bonchev–Trinajstić information content (AvgIpc) is 2.64. The first-order chi connectivity index (χ1) is 12.9. The number of hydrogen-bond acceptors (Lipinski definition) is 3. The minimum Gasteiger partial charge on any atom is -0.493 e. The van der Waals surface area contributed by atoms with Crippen LogP contribution in [-0.4, -0.2) is 26.2 Å². The summed E-state index contributed by atoms with van der Waals surface area (Å²) in [5, 5.41) is 2.76. The third kappa shape index (κ3) is 4.84. The number of amides is 1. The molecule has 0 aromatic heterocycles. The van der Waals surface area contributed by atoms with Crippen LogP contribution in [0.3, 0.4) is 0 Å². The first kappa shape index (κ1) is 20.4. The average molecular weight is 375 g/mol. The Hall–Kier alpha value is -2.89. The van der Waals surface area contributed by atoms with E-state index < -0.39 is 17.7 Å². The maximum Gasteiger partial charge on any atom is 0.251 e. The summed E-state index contributed by atoms with van der Waals surface area (Å²) in [7, 11) is 3.01. The molecule has 0 saturated carbocycles. The SMILES string of the molecule is C=CCc1cc(C(=O)NC(C)Cc2c(F)cccc2F)cc(OC)c1OC. The van der Waals surface area contributed by atoms with Gasteiger partial charge in [-0.05, 0) is 44.0 Å². The number of carbonyl (C=O) groups excluding carboxylic acids is 1. The molecular formula is C21H23F2NO3. The number of halogens is 2. The van der Waals surface area contributed by atoms with Crippen molar-refractivity contribution in [1.29, 1.82) is 0 Å². The lowest BCUT2D eigenvalue weighted by atomic mass is 10.0. The van der Waals surface area contributed by atoms with Crippen molar-refractivity contribution in [1.82, 2.24) is 5.32 Å². The molecule has 1 N–H and O–H groups in total. The van der Waals surface area contributed by atoms with Crippen molar-refractivity contribution < 1.29 is 23.0 Å². The maximum atomic E-state index is 13.8. The molecule has 0 spiro atoms. The van der Waals surface area contributed by atoms with Crippen molar-refractivity contribution in [3.8, 4) is 11.5 Å². The molecular weight excluding hydrogens is 352 g/mol. The lowest BCUT2D eigenvalue weighted by molar-refractivity contribution is 0.0939. The number of allylic oxidation sites excluding steroid dienone is 1. The Morgan fingerprint density at radius 2 is 1.89 bits per heavy atom. The largest absolute Gasteiger partial charge is 0.493 e. The van der Waals surface area contributed by atoms with E-state index in [0.29, 0.717) is 23.5 Å². The Morgan fingerprint density at radius 1 is 1.22 bits per heavy atom. The van der Waals surface area contributed by atoms with E-state index in [1.54, 1.807) is 25.1 Å². The van der Waals surface area contributed by atoms with Gasteiger partial charge in [-0.2, -0.15) is 0 Å². The van der Waals surface area contributed by atoms with E-state index in [1.807, 2.05) is 0 Å². The number of benzene rings is 2. The highest BCUT2D eigenvalue weighted by Gasteiger charge is 2.18. The summed E-state index contributed by atoms with van der Waals surface area (Å²) >= 11 is 0. The van der Waals surface area contributed by atoms with Gasteiger partial charge in [0.25, 0.3) is 5.91 Å². The van der Waals surface area contributed by atoms with E-state index in [0.717, 1.165) is 5.56 Å². The fraction of sp³-hybridized carbons (Fsp3) is 0.286. The van der Waals surface area contributed by atoms with Gasteiger partial charge in [-0.1, -0.05) is 12.1 Å². The van der Waals surface area contributed by atoms with E-state index >= 15 is 0 Å². The Balaban J connectivity index is 2.22. The van der Waals surface area contributed by atoms with Crippen molar-refractivity contribution in [3.05, 3.63) is 71.3 Å². The van der Waals surface area contributed by atoms with Gasteiger partial charge in [0.05, 0.1) is 14.2 Å². The summed E-state index contributed by atoms with van der Waals surface area (Å²) in [6.07, 6.45) is 2.23. The molecule has 0 bridgehead atoms. The van der Waals surface area contributed by atoms with Crippen molar-refractivity contribution in [2.45, 2.75) is 25.8 Å². The molecule has 0 fully saturated rings. The Bertz CT molecular complexity index is 816. The van der Waals surface area contributed by atoms with Crippen LogP contribution in [0.4, 0.5) is 8.78 Å². The van der Waals surface area contributed by atoms with Gasteiger partial charge in [0.1, 0.15) is 11.6 Å². The standard InChI is InChI=1S/C21H23F2NO3/c1-5-7-14-11-15(12-19(26-3)20(14)27-4)21(25)24-13(2)10-16-17(22)8-6-9-18(16)23/h5-6,8-9,11-13H,1,7,10H2,2-4H3,(H,24,25). The Kier molecular flexibility index (Phi) is 6.93. The molecule has 1 unspecified atom stereocenters. The molecule has 2 aromatic rings. The third-order valence-corrected chi connectivity index (χ3v) is 4.13. The molecule has 0 radical (unpaired) electrons. The minimum atomic E-state index is -0.629. The number of hydrogen-bond donors (Lipinski definition) is 1. The molecule has 0 aliphatic rings. The Morgan fingerprint density at radius 3 is 2.44 bits per heavy atom. The highest BCUT2D eigenvalue weighted by Crippen LogP contribution is 2.33. The zero-order chi connectivity index (χ0) is 20.0. The highest BCUT2D eigenvalue weighted by atomic mass is 19.1. The van der Waals surface area contributed by atoms with Crippen molar-refractivity contribution >= 4 is 5.91 Å². The van der Waals surface area contributed by atoms with E-state index in [2.05, 4.69) is 11.9 Å². The monoisotopic (exact) mass is 375 g/mol. The molecule has 0 aliphatic heterocycles. The van der Waals surface area contributed by atoms with Crippen molar-refractivity contribution in [3.63, 3.8) is 0 Å². The van der Waals surface area contributed by atoms with E-state index in [1.165, 1.54) is 32.4 Å². The van der Waals surface area contributed by atoms with Crippen LogP contribution >= 0.6 is 0 Å². The zero-order valence-corrected chi connectivity index (χ0v) is 15.6. The molecule has 4 nitrogen and oxygen atoms in total. The van der Waals surface area contributed by atoms with Crippen LogP contribution in [-0.2, 0) is 12.8 Å². The maximum absolute atomic E-state index is 13.8. The summed E-state index contributed by atoms with van der Waals surface area (Å²) in [6.45, 7) is 5.39. The number of ether oxygens (including phenoxy) is 2. The normalized spacial score (nSPS) is 11.6. The second-order valence-corrected chi connectivity index (χ2v) is 6.14. The second-order valence-electron chi connectivity index (χ2n) is 6.14. The van der Waals surface area contributed by atoms with E-state index in [4.69, 9.17) is 9.47 Å². The van der Waals surface area contributed by atoms with Gasteiger partial charge in [-0.15, -0.1) is 6.58 Å². The van der Waals surface area contributed by atoms with E-state index in [-0.39, 0.29) is 17.9 Å². The highest BCUT2D eigenvalue weighted by molar-refractivity contribution is 5.95. The minimum absolute atomic E-state index is 0.0387. The summed E-state index contributed by atoms with van der Waals surface area (Å²) in [4.78, 5) is 12.6. The zero-order valence-electron chi connectivity index (χ0n) is 15.6. The molecule has 6 heteroatoms. The number of methoxy groups -OCH3 is 2. The smallest absolute Gasteiger partial charge is 0.251 e. The molecule has 0 saturated heterocycles. The topological polar surface area (TPSA) is 47.6 Å². The summed E-state index contributed by atoms with van der Waals surface area (Å²) in [5.74, 6) is -0.665. The van der Waals surface area contributed by atoms with Crippen molar-refractivity contribution in [2.75, 3.05) is 14.2 Å². The van der Waals surface area contributed by atoms with Gasteiger partial charge in [0.15, 0.2) is 11.5 Å². The van der Waals surface area contributed by atoms with Gasteiger partial charge in [-0.3, -0.25) is 4.79 Å². The molecule has 0 heterocycles. The molecule has 1 atom stereocenters.